The van der Waals surface area contributed by atoms with Crippen molar-refractivity contribution in [2.75, 3.05) is 26.7 Å². The lowest BCUT2D eigenvalue weighted by Gasteiger charge is -2.39. The molecule has 4 rings (SSSR count). The van der Waals surface area contributed by atoms with E-state index in [0.717, 1.165) is 5.56 Å². The minimum absolute atomic E-state index is 0.104. The van der Waals surface area contributed by atoms with Crippen molar-refractivity contribution in [1.29, 1.82) is 0 Å². The summed E-state index contributed by atoms with van der Waals surface area (Å²) in [4.78, 5) is 25.7. The second-order valence-electron chi connectivity index (χ2n) is 10.4. The van der Waals surface area contributed by atoms with Gasteiger partial charge in [0, 0.05) is 44.1 Å². The molecular weight excluding hydrogens is 576 g/mol. The third kappa shape index (κ3) is 8.07. The standard InChI is InChI=1S/C31H31F6N3O3/c1-19(41)38-17-29(42)40-11-10-27(26(18-40)20-6-4-3-5-7-20)39-16-23-12-21(8-9-28(23)43-2)22-13-24(30(32,33)34)15-25(14-22)31(35,36)37/h3-9,12-15,26-27,39H,10-11,16-18H2,1-2H3,(H,38,41). The van der Waals surface area contributed by atoms with Gasteiger partial charge in [-0.15, -0.1) is 0 Å². The second kappa shape index (κ2) is 13.1. The number of carbonyl (C=O) groups excluding carboxylic acids is 2. The molecule has 1 aliphatic heterocycles. The molecule has 0 aromatic heterocycles. The topological polar surface area (TPSA) is 70.7 Å². The van der Waals surface area contributed by atoms with Gasteiger partial charge in [-0.2, -0.15) is 26.3 Å². The number of alkyl halides is 6. The van der Waals surface area contributed by atoms with Crippen LogP contribution in [-0.4, -0.2) is 49.5 Å². The van der Waals surface area contributed by atoms with Crippen LogP contribution in [0.2, 0.25) is 0 Å². The molecule has 1 fully saturated rings. The number of carbonyl (C=O) groups is 2. The van der Waals surface area contributed by atoms with Crippen molar-refractivity contribution in [1.82, 2.24) is 15.5 Å². The van der Waals surface area contributed by atoms with E-state index < -0.39 is 23.5 Å². The normalized spacial score (nSPS) is 17.4. The van der Waals surface area contributed by atoms with Crippen LogP contribution >= 0.6 is 0 Å². The Bertz CT molecular complexity index is 1410. The number of piperidine rings is 1. The van der Waals surface area contributed by atoms with E-state index in [-0.39, 0.29) is 54.1 Å². The van der Waals surface area contributed by atoms with E-state index in [1.54, 1.807) is 4.90 Å². The summed E-state index contributed by atoms with van der Waals surface area (Å²) in [6, 6.07) is 15.4. The molecule has 230 valence electrons. The Morgan fingerprint density at radius 1 is 0.907 bits per heavy atom. The SMILES string of the molecule is COc1ccc(-c2cc(C(F)(F)F)cc(C(F)(F)F)c2)cc1CNC1CCN(C(=O)CNC(C)=O)CC1c1ccccc1. The highest BCUT2D eigenvalue weighted by Gasteiger charge is 2.37. The van der Waals surface area contributed by atoms with Gasteiger partial charge < -0.3 is 20.3 Å². The number of rotatable bonds is 8. The molecule has 1 aliphatic rings. The van der Waals surface area contributed by atoms with Crippen molar-refractivity contribution < 1.29 is 40.7 Å². The highest BCUT2D eigenvalue weighted by atomic mass is 19.4. The van der Waals surface area contributed by atoms with E-state index in [1.807, 2.05) is 30.3 Å². The number of halogens is 6. The zero-order valence-corrected chi connectivity index (χ0v) is 23.5. The molecule has 6 nitrogen and oxygen atoms in total. The zero-order valence-electron chi connectivity index (χ0n) is 23.5. The molecule has 12 heteroatoms. The summed E-state index contributed by atoms with van der Waals surface area (Å²) >= 11 is 0. The highest BCUT2D eigenvalue weighted by molar-refractivity contribution is 5.83. The summed E-state index contributed by atoms with van der Waals surface area (Å²) in [5.74, 6) is -0.217. The van der Waals surface area contributed by atoms with E-state index >= 15 is 0 Å². The van der Waals surface area contributed by atoms with Gasteiger partial charge in [-0.05, 0) is 53.4 Å². The van der Waals surface area contributed by atoms with Crippen molar-refractivity contribution in [3.8, 4) is 16.9 Å². The highest BCUT2D eigenvalue weighted by Crippen LogP contribution is 2.39. The molecule has 0 saturated carbocycles. The van der Waals surface area contributed by atoms with Crippen LogP contribution in [0.15, 0.2) is 66.7 Å². The average Bonchev–Trinajstić information content (AvgIpc) is 2.97. The number of hydrogen-bond acceptors (Lipinski definition) is 4. The Kier molecular flexibility index (Phi) is 9.69. The molecular formula is C31H31F6N3O3. The first-order valence-electron chi connectivity index (χ1n) is 13.5. The Balaban J connectivity index is 1.60. The Hall–Kier alpha value is -4.06. The maximum Gasteiger partial charge on any atom is 0.416 e. The van der Waals surface area contributed by atoms with Gasteiger partial charge in [-0.25, -0.2) is 0 Å². The summed E-state index contributed by atoms with van der Waals surface area (Å²) in [6.07, 6.45) is -9.36. The second-order valence-corrected chi connectivity index (χ2v) is 10.4. The lowest BCUT2D eigenvalue weighted by Crippen LogP contribution is -2.51. The summed E-state index contributed by atoms with van der Waals surface area (Å²) in [5.41, 5.74) is -1.30. The van der Waals surface area contributed by atoms with Gasteiger partial charge in [0.05, 0.1) is 24.8 Å². The smallest absolute Gasteiger partial charge is 0.416 e. The van der Waals surface area contributed by atoms with Crippen molar-refractivity contribution in [3.63, 3.8) is 0 Å². The van der Waals surface area contributed by atoms with Crippen molar-refractivity contribution in [3.05, 3.63) is 89.0 Å². The minimum Gasteiger partial charge on any atom is -0.496 e. The maximum absolute atomic E-state index is 13.5. The third-order valence-corrected chi connectivity index (χ3v) is 7.44. The van der Waals surface area contributed by atoms with Crippen LogP contribution < -0.4 is 15.4 Å². The van der Waals surface area contributed by atoms with E-state index in [2.05, 4.69) is 10.6 Å². The van der Waals surface area contributed by atoms with E-state index in [1.165, 1.54) is 32.2 Å². The summed E-state index contributed by atoms with van der Waals surface area (Å²) in [7, 11) is 1.43. The lowest BCUT2D eigenvalue weighted by atomic mass is 9.85. The molecule has 1 heterocycles. The van der Waals surface area contributed by atoms with Crippen LogP contribution in [0.1, 0.15) is 41.5 Å². The van der Waals surface area contributed by atoms with Crippen molar-refractivity contribution >= 4 is 11.8 Å². The molecule has 3 aromatic rings. The van der Waals surface area contributed by atoms with Gasteiger partial charge in [-0.1, -0.05) is 36.4 Å². The van der Waals surface area contributed by atoms with Crippen LogP contribution in [0.4, 0.5) is 26.3 Å². The number of hydrogen-bond donors (Lipinski definition) is 2. The molecule has 3 aromatic carbocycles. The van der Waals surface area contributed by atoms with Gasteiger partial charge in [0.1, 0.15) is 5.75 Å². The monoisotopic (exact) mass is 607 g/mol. The van der Waals surface area contributed by atoms with Crippen molar-refractivity contribution in [2.45, 2.75) is 44.2 Å². The fraction of sp³-hybridized carbons (Fsp3) is 0.355. The molecule has 2 N–H and O–H groups in total. The first-order chi connectivity index (χ1) is 20.3. The Morgan fingerprint density at radius 2 is 1.56 bits per heavy atom. The third-order valence-electron chi connectivity index (χ3n) is 7.44. The fourth-order valence-electron chi connectivity index (χ4n) is 5.23. The molecule has 0 aliphatic carbocycles. The quantitative estimate of drug-likeness (QED) is 0.308. The molecule has 2 unspecified atom stereocenters. The van der Waals surface area contributed by atoms with Crippen LogP contribution in [0.25, 0.3) is 11.1 Å². The van der Waals surface area contributed by atoms with E-state index in [4.69, 9.17) is 4.74 Å². The molecule has 0 bridgehead atoms. The number of likely N-dealkylation sites (tertiary alicyclic amines) is 1. The number of benzene rings is 3. The Labute approximate surface area is 245 Å². The summed E-state index contributed by atoms with van der Waals surface area (Å²) in [6.45, 7) is 2.25. The van der Waals surface area contributed by atoms with E-state index in [9.17, 15) is 35.9 Å². The predicted octanol–water partition coefficient (Wildman–Crippen LogP) is 6.01. The number of methoxy groups -OCH3 is 1. The first-order valence-corrected chi connectivity index (χ1v) is 13.5. The van der Waals surface area contributed by atoms with E-state index in [0.29, 0.717) is 43.0 Å². The van der Waals surface area contributed by atoms with Crippen LogP contribution in [-0.2, 0) is 28.5 Å². The maximum atomic E-state index is 13.5. The molecule has 1 saturated heterocycles. The average molecular weight is 608 g/mol. The van der Waals surface area contributed by atoms with Gasteiger partial charge in [-0.3, -0.25) is 9.59 Å². The van der Waals surface area contributed by atoms with Crippen LogP contribution in [0, 0.1) is 0 Å². The molecule has 2 amide bonds. The van der Waals surface area contributed by atoms with Crippen molar-refractivity contribution in [2.24, 2.45) is 0 Å². The number of amides is 2. The fourth-order valence-corrected chi connectivity index (χ4v) is 5.23. The molecule has 0 radical (unpaired) electrons. The van der Waals surface area contributed by atoms with Crippen LogP contribution in [0.3, 0.4) is 0 Å². The summed E-state index contributed by atoms with van der Waals surface area (Å²) in [5, 5.41) is 6.00. The largest absolute Gasteiger partial charge is 0.496 e. The van der Waals surface area contributed by atoms with Crippen LogP contribution in [0.5, 0.6) is 5.75 Å². The number of ether oxygens (including phenoxy) is 1. The van der Waals surface area contributed by atoms with Gasteiger partial charge in [0.15, 0.2) is 0 Å². The molecule has 2 atom stereocenters. The number of nitrogens with one attached hydrogen (secondary N) is 2. The first kappa shape index (κ1) is 31.9. The van der Waals surface area contributed by atoms with Gasteiger partial charge in [0.2, 0.25) is 11.8 Å². The Morgan fingerprint density at radius 3 is 2.14 bits per heavy atom. The zero-order chi connectivity index (χ0) is 31.4. The lowest BCUT2D eigenvalue weighted by molar-refractivity contribution is -0.143. The molecule has 43 heavy (non-hydrogen) atoms. The molecule has 0 spiro atoms. The predicted molar refractivity (Wildman–Crippen MR) is 148 cm³/mol. The number of nitrogens with zero attached hydrogens (tertiary/aromatic N) is 1. The minimum atomic E-state index is -4.96. The summed E-state index contributed by atoms with van der Waals surface area (Å²) < 4.78 is 86.3. The van der Waals surface area contributed by atoms with Gasteiger partial charge in [0.25, 0.3) is 0 Å². The van der Waals surface area contributed by atoms with Gasteiger partial charge >= 0.3 is 12.4 Å².